The number of phenolic OH excluding ortho intramolecular Hbond substituents is 4. The Hall–Kier alpha value is -7.26. The van der Waals surface area contributed by atoms with Crippen LogP contribution in [0.5, 0.6) is 34.5 Å². The maximum atomic E-state index is 14.6. The Morgan fingerprint density at radius 2 is 0.800 bits per heavy atom. The second-order valence-corrected chi connectivity index (χ2v) is 17.9. The summed E-state index contributed by atoms with van der Waals surface area (Å²) in [6.07, 6.45) is -14.4. The number of aliphatic hydroxyl groups excluding tert-OH is 2. The van der Waals surface area contributed by atoms with Gasteiger partial charge in [0.15, 0.2) is 18.3 Å². The van der Waals surface area contributed by atoms with Gasteiger partial charge in [-0.3, -0.25) is 28.8 Å². The van der Waals surface area contributed by atoms with Gasteiger partial charge in [0.05, 0.1) is 34.5 Å². The van der Waals surface area contributed by atoms with Crippen molar-refractivity contribution in [3.8, 4) is 34.5 Å². The monoisotopic (exact) mass is 970 g/mol. The predicted octanol–water partition coefficient (Wildman–Crippen LogP) is 3.87. The number of ether oxygens (including phenoxy) is 8. The third kappa shape index (κ3) is 8.82. The molecule has 2 aliphatic carbocycles. The Kier molecular flexibility index (Phi) is 13.0. The Balaban J connectivity index is 1.33. The van der Waals surface area contributed by atoms with Gasteiger partial charge in [-0.15, -0.1) is 0 Å². The zero-order chi connectivity index (χ0) is 50.9. The summed E-state index contributed by atoms with van der Waals surface area (Å²) < 4.78 is 46.0. The molecule has 70 heavy (non-hydrogen) atoms. The summed E-state index contributed by atoms with van der Waals surface area (Å²) in [5.41, 5.74) is 0.293. The van der Waals surface area contributed by atoms with E-state index in [-0.39, 0.29) is 56.0 Å². The lowest BCUT2D eigenvalue weighted by molar-refractivity contribution is -0.277. The van der Waals surface area contributed by atoms with Crippen molar-refractivity contribution >= 4 is 35.4 Å². The number of carbonyl (C=O) groups excluding carboxylic acids is 6. The molecule has 0 saturated carbocycles. The van der Waals surface area contributed by atoms with Gasteiger partial charge in [0.2, 0.25) is 30.3 Å². The van der Waals surface area contributed by atoms with Gasteiger partial charge in [-0.05, 0) is 85.3 Å². The van der Waals surface area contributed by atoms with Gasteiger partial charge in [0, 0.05) is 51.7 Å². The molecule has 6 N–H and O–H groups in total. The van der Waals surface area contributed by atoms with E-state index in [1.165, 1.54) is 38.1 Å². The molecule has 8 rings (SSSR count). The molecule has 2 aliphatic heterocycles. The summed E-state index contributed by atoms with van der Waals surface area (Å²) in [6.45, 7) is 10.6. The van der Waals surface area contributed by atoms with Gasteiger partial charge < -0.3 is 68.5 Å². The number of aromatic hydroxyl groups is 4. The fourth-order valence-corrected chi connectivity index (χ4v) is 10.00. The molecule has 20 heteroatoms. The van der Waals surface area contributed by atoms with E-state index in [4.69, 9.17) is 37.9 Å². The summed E-state index contributed by atoms with van der Waals surface area (Å²) in [7, 11) is 0. The second kappa shape index (κ2) is 18.6. The highest BCUT2D eigenvalue weighted by Gasteiger charge is 2.52. The number of carbonyl (C=O) groups is 6. The molecule has 0 aromatic heterocycles. The zero-order valence-corrected chi connectivity index (χ0v) is 38.9. The van der Waals surface area contributed by atoms with Crippen molar-refractivity contribution in [1.29, 1.82) is 0 Å². The Morgan fingerprint density at radius 1 is 0.457 bits per heavy atom. The first-order chi connectivity index (χ1) is 32.9. The lowest BCUT2D eigenvalue weighted by Gasteiger charge is -2.42. The van der Waals surface area contributed by atoms with E-state index in [2.05, 4.69) is 0 Å². The maximum Gasteiger partial charge on any atom is 0.303 e. The minimum absolute atomic E-state index is 0.0315. The second-order valence-electron chi connectivity index (χ2n) is 17.9. The lowest BCUT2D eigenvalue weighted by Crippen LogP contribution is -2.60. The van der Waals surface area contributed by atoms with Crippen LogP contribution in [0, 0.1) is 13.8 Å². The van der Waals surface area contributed by atoms with Gasteiger partial charge in [-0.2, -0.15) is 0 Å². The molecular formula is C50H50O20. The van der Waals surface area contributed by atoms with Gasteiger partial charge in [0.25, 0.3) is 0 Å². The standard InChI is InChI=1S/C50H50O20/c1-17-9-27-35(29-13-25(15-33(57)39(29)42(60)37(27)31(55)11-17)69-49-47(67-23(7)53)44(62)45(20(4)64-49)65-21(5)51)36-28-10-18(2)12-32(56)38(28)43(61)40-30(36)14-26(16-34(40)58)70-50-48(68-24(8)54)46(66-22(6)52)41(59)19(3)63-50/h9-16,19-20,35-36,41,44-50,55-59,62H,1-8H3/t19-,20-,35?,36?,41-,44+,45-,46+,47+,48+,49-,50-/m0/s1. The molecule has 12 atom stereocenters. The maximum absolute atomic E-state index is 14.6. The van der Waals surface area contributed by atoms with Crippen molar-refractivity contribution in [3.63, 3.8) is 0 Å². The van der Waals surface area contributed by atoms with Crippen LogP contribution in [0.4, 0.5) is 0 Å². The van der Waals surface area contributed by atoms with Crippen molar-refractivity contribution in [2.24, 2.45) is 0 Å². The van der Waals surface area contributed by atoms with Crippen LogP contribution in [-0.4, -0.2) is 127 Å². The average molecular weight is 971 g/mol. The number of rotatable bonds is 9. The van der Waals surface area contributed by atoms with E-state index in [0.29, 0.717) is 11.1 Å². The van der Waals surface area contributed by atoms with Crippen LogP contribution >= 0.6 is 0 Å². The third-order valence-corrected chi connectivity index (χ3v) is 12.6. The number of ketones is 2. The van der Waals surface area contributed by atoms with E-state index in [0.717, 1.165) is 39.8 Å². The first-order valence-electron chi connectivity index (χ1n) is 22.1. The average Bonchev–Trinajstić information content (AvgIpc) is 3.23. The normalized spacial score (nSPS) is 27.7. The van der Waals surface area contributed by atoms with Crippen LogP contribution in [0.1, 0.15) is 119 Å². The van der Waals surface area contributed by atoms with Crippen molar-refractivity contribution in [1.82, 2.24) is 0 Å². The molecular weight excluding hydrogens is 921 g/mol. The van der Waals surface area contributed by atoms with E-state index in [1.807, 2.05) is 0 Å². The first kappa shape index (κ1) is 49.2. The summed E-state index contributed by atoms with van der Waals surface area (Å²) in [5.74, 6) is -10.0. The molecule has 370 valence electrons. The van der Waals surface area contributed by atoms with E-state index >= 15 is 0 Å². The largest absolute Gasteiger partial charge is 0.507 e. The summed E-state index contributed by atoms with van der Waals surface area (Å²) >= 11 is 0. The molecule has 20 nitrogen and oxygen atoms in total. The zero-order valence-electron chi connectivity index (χ0n) is 38.9. The molecule has 2 unspecified atom stereocenters. The number of phenols is 4. The Morgan fingerprint density at radius 3 is 1.23 bits per heavy atom. The van der Waals surface area contributed by atoms with Gasteiger partial charge in [-0.25, -0.2) is 0 Å². The lowest BCUT2D eigenvalue weighted by atomic mass is 9.63. The van der Waals surface area contributed by atoms with Crippen LogP contribution in [0.2, 0.25) is 0 Å². The van der Waals surface area contributed by atoms with Crippen LogP contribution in [0.25, 0.3) is 0 Å². The molecule has 4 aromatic carbocycles. The van der Waals surface area contributed by atoms with E-state index < -0.39 is 132 Å². The van der Waals surface area contributed by atoms with Crippen molar-refractivity contribution in [3.05, 3.63) is 104 Å². The molecule has 4 aliphatic rings. The number of aliphatic hydroxyl groups is 2. The van der Waals surface area contributed by atoms with Crippen molar-refractivity contribution in [2.75, 3.05) is 0 Å². The first-order valence-corrected chi connectivity index (χ1v) is 22.1. The molecule has 0 amide bonds. The molecule has 0 bridgehead atoms. The molecule has 2 saturated heterocycles. The molecule has 4 aromatic rings. The number of aryl methyl sites for hydroxylation is 2. The highest BCUT2D eigenvalue weighted by Crippen LogP contribution is 2.57. The number of fused-ring (bicyclic) bond motifs is 4. The summed E-state index contributed by atoms with van der Waals surface area (Å²) in [4.78, 5) is 78.1. The number of benzene rings is 4. The van der Waals surface area contributed by atoms with Crippen LogP contribution in [-0.2, 0) is 47.6 Å². The quantitative estimate of drug-likeness (QED) is 0.102. The SMILES string of the molecule is CC(=O)O[C@@H]1[C@@H](O)[C@H](C)O[C@@H](Oc2cc(O)c3c(c2)C(C2c4cc(C)cc(O)c4C(=O)c4c(O)cc(O[C@@H]5O[C@@H](C)[C@H](OC(C)=O)[C@@H](O)[C@H]5OC(C)=O)cc42)c2cc(C)cc(O)c2C3=O)[C@@H]1OC(C)=O. The highest BCUT2D eigenvalue weighted by atomic mass is 16.7. The summed E-state index contributed by atoms with van der Waals surface area (Å²) in [5, 5.41) is 69.3. The fourth-order valence-electron chi connectivity index (χ4n) is 10.00. The fraction of sp³-hybridized carbons (Fsp3) is 0.400. The van der Waals surface area contributed by atoms with Crippen LogP contribution in [0.15, 0.2) is 48.5 Å². The molecule has 0 radical (unpaired) electrons. The Labute approximate surface area is 399 Å². The smallest absolute Gasteiger partial charge is 0.303 e. The minimum Gasteiger partial charge on any atom is -0.507 e. The van der Waals surface area contributed by atoms with E-state index in [1.54, 1.807) is 26.0 Å². The number of hydrogen-bond donors (Lipinski definition) is 6. The highest BCUT2D eigenvalue weighted by molar-refractivity contribution is 6.18. The third-order valence-electron chi connectivity index (χ3n) is 12.6. The number of hydrogen-bond acceptors (Lipinski definition) is 20. The topological polar surface area (TPSA) is 298 Å². The van der Waals surface area contributed by atoms with Gasteiger partial charge in [0.1, 0.15) is 46.7 Å². The Bertz CT molecular complexity index is 2850. The molecule has 2 heterocycles. The summed E-state index contributed by atoms with van der Waals surface area (Å²) in [6, 6.07) is 10.8. The number of esters is 4. The van der Waals surface area contributed by atoms with Crippen LogP contribution < -0.4 is 9.47 Å². The van der Waals surface area contributed by atoms with Crippen molar-refractivity contribution < 1.29 is 97.3 Å². The van der Waals surface area contributed by atoms with Crippen LogP contribution in [0.3, 0.4) is 0 Å². The van der Waals surface area contributed by atoms with Crippen molar-refractivity contribution in [2.45, 2.75) is 129 Å². The molecule has 2 fully saturated rings. The molecule has 0 spiro atoms. The van der Waals surface area contributed by atoms with Gasteiger partial charge in [-0.1, -0.05) is 12.1 Å². The predicted molar refractivity (Wildman–Crippen MR) is 237 cm³/mol. The van der Waals surface area contributed by atoms with Gasteiger partial charge >= 0.3 is 23.9 Å². The van der Waals surface area contributed by atoms with E-state index in [9.17, 15) is 59.4 Å². The minimum atomic E-state index is -1.67.